The highest BCUT2D eigenvalue weighted by Crippen LogP contribution is 2.74. The van der Waals surface area contributed by atoms with E-state index in [-0.39, 0.29) is 14.7 Å². The van der Waals surface area contributed by atoms with Crippen molar-refractivity contribution in [2.75, 3.05) is 0 Å². The predicted octanol–water partition coefficient (Wildman–Crippen LogP) is 11.5. The summed E-state index contributed by atoms with van der Waals surface area (Å²) in [5.41, 5.74) is -0.939. The second-order valence-corrected chi connectivity index (χ2v) is 18.9. The lowest BCUT2D eigenvalue weighted by Crippen LogP contribution is -2.63. The number of benzene rings is 3. The summed E-state index contributed by atoms with van der Waals surface area (Å²) in [7, 11) is -11.6. The van der Waals surface area contributed by atoms with Gasteiger partial charge in [-0.25, -0.2) is 3.63 Å². The Bertz CT molecular complexity index is 1640. The third-order valence-electron chi connectivity index (χ3n) is 7.63. The van der Waals surface area contributed by atoms with Gasteiger partial charge in [-0.15, -0.1) is 0 Å². The smallest absolute Gasteiger partial charge is 0.202 e. The van der Waals surface area contributed by atoms with Crippen LogP contribution < -0.4 is 0 Å². The molecule has 268 valence electrons. The summed E-state index contributed by atoms with van der Waals surface area (Å²) < 4.78 is 161. The number of halogens is 9. The maximum Gasteiger partial charge on any atom is 0.460 e. The zero-order valence-electron chi connectivity index (χ0n) is 27.9. The fourth-order valence-electron chi connectivity index (χ4n) is 4.89. The quantitative estimate of drug-likeness (QED) is 0.217. The van der Waals surface area contributed by atoms with Gasteiger partial charge in [0, 0.05) is 14.7 Å². The molecule has 3 aromatic rings. The van der Waals surface area contributed by atoms with Gasteiger partial charge in [0.2, 0.25) is 0 Å². The summed E-state index contributed by atoms with van der Waals surface area (Å²) in [6.45, 7) is 16.2. The standard InChI is InChI=1S/C34H39F9O3S2/c1-28(2,3)22-20-25(29(4,5)6)27(26(21-22)30(7,8)9)47(23-16-12-10-13-17-23,24-18-14-11-15-19-24)46-48(44,45)34(42,43)32(37,38)31(35,36)33(39,40)41/h10-21H,1-9H3. The summed E-state index contributed by atoms with van der Waals surface area (Å²) >= 11 is 0. The molecule has 0 unspecified atom stereocenters. The summed E-state index contributed by atoms with van der Waals surface area (Å²) in [6, 6.07) is 17.2. The fourth-order valence-corrected chi connectivity index (χ4v) is 10.8. The van der Waals surface area contributed by atoms with Crippen LogP contribution in [0.2, 0.25) is 0 Å². The van der Waals surface area contributed by atoms with Crippen LogP contribution in [0.1, 0.15) is 79.0 Å². The molecule has 0 aliphatic heterocycles. The summed E-state index contributed by atoms with van der Waals surface area (Å²) in [5.74, 6) is -14.9. The molecule has 0 heterocycles. The zero-order valence-corrected chi connectivity index (χ0v) is 29.5. The van der Waals surface area contributed by atoms with Crippen molar-refractivity contribution in [1.29, 1.82) is 0 Å². The van der Waals surface area contributed by atoms with Crippen LogP contribution in [0.4, 0.5) is 39.5 Å². The lowest BCUT2D eigenvalue weighted by Gasteiger charge is -2.46. The molecular weight excluding hydrogens is 691 g/mol. The van der Waals surface area contributed by atoms with Crippen LogP contribution in [0.5, 0.6) is 0 Å². The zero-order chi connectivity index (χ0) is 37.2. The molecule has 14 heteroatoms. The number of alkyl halides is 9. The van der Waals surface area contributed by atoms with Crippen molar-refractivity contribution in [2.45, 2.75) is 117 Å². The summed E-state index contributed by atoms with van der Waals surface area (Å²) in [5, 5.41) is -7.07. The van der Waals surface area contributed by atoms with E-state index in [1.165, 1.54) is 60.7 Å². The van der Waals surface area contributed by atoms with E-state index in [1.807, 2.05) is 20.8 Å². The Morgan fingerprint density at radius 3 is 1.17 bits per heavy atom. The molecule has 3 nitrogen and oxygen atoms in total. The van der Waals surface area contributed by atoms with Crippen molar-refractivity contribution in [2.24, 2.45) is 0 Å². The number of hydrogen-bond acceptors (Lipinski definition) is 3. The largest absolute Gasteiger partial charge is 0.460 e. The van der Waals surface area contributed by atoms with E-state index in [1.54, 1.807) is 53.7 Å². The Morgan fingerprint density at radius 2 is 0.875 bits per heavy atom. The Balaban J connectivity index is 2.71. The first kappa shape index (κ1) is 39.7. The fraction of sp³-hybridized carbons (Fsp3) is 0.471. The maximum absolute atomic E-state index is 15.5. The molecule has 0 N–H and O–H groups in total. The first-order valence-electron chi connectivity index (χ1n) is 14.7. The van der Waals surface area contributed by atoms with Crippen LogP contribution in [-0.4, -0.2) is 31.7 Å². The van der Waals surface area contributed by atoms with E-state index in [9.17, 15) is 39.2 Å². The molecular formula is C34H39F9O3S2. The highest BCUT2D eigenvalue weighted by Gasteiger charge is 2.86. The maximum atomic E-state index is 15.5. The average Bonchev–Trinajstić information content (AvgIpc) is 2.94. The molecule has 0 saturated carbocycles. The molecule has 0 spiro atoms. The minimum Gasteiger partial charge on any atom is -0.202 e. The molecule has 3 aromatic carbocycles. The van der Waals surface area contributed by atoms with Gasteiger partial charge < -0.3 is 0 Å². The lowest BCUT2D eigenvalue weighted by molar-refractivity contribution is -0.382. The highest BCUT2D eigenvalue weighted by atomic mass is 32.3. The second-order valence-electron chi connectivity index (χ2n) is 14.5. The van der Waals surface area contributed by atoms with Crippen LogP contribution in [0.25, 0.3) is 0 Å². The minimum atomic E-state index is -7.48. The van der Waals surface area contributed by atoms with Crippen LogP contribution in [0, 0.1) is 0 Å². The van der Waals surface area contributed by atoms with Gasteiger partial charge in [0.1, 0.15) is 0 Å². The Labute approximate surface area is 277 Å². The van der Waals surface area contributed by atoms with Crippen molar-refractivity contribution >= 4 is 20.4 Å². The normalized spacial score (nSPS) is 15.0. The van der Waals surface area contributed by atoms with E-state index in [4.69, 9.17) is 3.63 Å². The second kappa shape index (κ2) is 12.3. The van der Waals surface area contributed by atoms with Crippen molar-refractivity contribution in [3.63, 3.8) is 0 Å². The monoisotopic (exact) mass is 730 g/mol. The highest BCUT2D eigenvalue weighted by molar-refractivity contribution is 8.33. The molecule has 0 atom stereocenters. The summed E-state index contributed by atoms with van der Waals surface area (Å²) in [6.07, 6.45) is -7.24. The average molecular weight is 731 g/mol. The van der Waals surface area contributed by atoms with Crippen molar-refractivity contribution in [3.05, 3.63) is 89.5 Å². The Morgan fingerprint density at radius 1 is 0.521 bits per heavy atom. The van der Waals surface area contributed by atoms with Gasteiger partial charge in [-0.05, 0) is 67.5 Å². The van der Waals surface area contributed by atoms with E-state index in [0.717, 1.165) is 5.56 Å². The molecule has 0 radical (unpaired) electrons. The predicted molar refractivity (Wildman–Crippen MR) is 169 cm³/mol. The van der Waals surface area contributed by atoms with Crippen LogP contribution >= 0.6 is 10.3 Å². The third kappa shape index (κ3) is 6.73. The van der Waals surface area contributed by atoms with Crippen molar-refractivity contribution < 1.29 is 51.6 Å². The molecule has 0 aliphatic carbocycles. The molecule has 0 saturated heterocycles. The molecule has 0 fully saturated rings. The van der Waals surface area contributed by atoms with Gasteiger partial charge in [0.25, 0.3) is 0 Å². The lowest BCUT2D eigenvalue weighted by atomic mass is 9.75. The van der Waals surface area contributed by atoms with E-state index < -0.39 is 59.9 Å². The Hall–Kier alpha value is -2.71. The van der Waals surface area contributed by atoms with Gasteiger partial charge in [-0.1, -0.05) is 111 Å². The minimum absolute atomic E-state index is 0.00169. The molecule has 0 aromatic heterocycles. The van der Waals surface area contributed by atoms with Crippen molar-refractivity contribution in [1.82, 2.24) is 0 Å². The number of hydrogen-bond donors (Lipinski definition) is 0. The van der Waals surface area contributed by atoms with Crippen LogP contribution in [0.3, 0.4) is 0 Å². The molecule has 48 heavy (non-hydrogen) atoms. The van der Waals surface area contributed by atoms with Gasteiger partial charge in [0.15, 0.2) is 0 Å². The van der Waals surface area contributed by atoms with Gasteiger partial charge in [0.05, 0.1) is 0 Å². The Kier molecular flexibility index (Phi) is 10.1. The molecule has 0 aliphatic rings. The number of rotatable bonds is 8. The van der Waals surface area contributed by atoms with E-state index in [2.05, 4.69) is 0 Å². The summed E-state index contributed by atoms with van der Waals surface area (Å²) in [4.78, 5) is -0.250. The molecule has 0 amide bonds. The van der Waals surface area contributed by atoms with Gasteiger partial charge >= 0.3 is 33.4 Å². The third-order valence-corrected chi connectivity index (χ3v) is 12.9. The molecule has 3 rings (SSSR count). The topological polar surface area (TPSA) is 43.4 Å². The van der Waals surface area contributed by atoms with Gasteiger partial charge in [-0.3, -0.25) is 0 Å². The van der Waals surface area contributed by atoms with E-state index in [0.29, 0.717) is 11.1 Å². The molecule has 0 bridgehead atoms. The van der Waals surface area contributed by atoms with E-state index >= 15 is 8.78 Å². The first-order valence-corrected chi connectivity index (χ1v) is 17.6. The van der Waals surface area contributed by atoms with Gasteiger partial charge in [-0.2, -0.15) is 47.9 Å². The SMILES string of the molecule is CC(C)(C)c1cc(C(C)(C)C)c(S(OS(=O)(=O)C(F)(F)C(F)(F)C(F)(F)C(F)(F)F)(c2ccccc2)c2ccccc2)c(C(C)(C)C)c1. The first-order chi connectivity index (χ1) is 21.4. The van der Waals surface area contributed by atoms with Crippen LogP contribution in [0.15, 0.2) is 87.5 Å². The van der Waals surface area contributed by atoms with Crippen LogP contribution in [-0.2, 0) is 30.0 Å². The van der Waals surface area contributed by atoms with Crippen molar-refractivity contribution in [3.8, 4) is 0 Å².